The normalized spacial score (nSPS) is 13.7. The molecule has 19 heavy (non-hydrogen) atoms. The first-order chi connectivity index (χ1) is 8.95. The van der Waals surface area contributed by atoms with Crippen molar-refractivity contribution in [2.45, 2.75) is 84.2 Å². The van der Waals surface area contributed by atoms with Crippen LogP contribution in [0.1, 0.15) is 89.4 Å². The summed E-state index contributed by atoms with van der Waals surface area (Å²) in [6.07, 6.45) is 8.06. The van der Waals surface area contributed by atoms with Crippen molar-refractivity contribution in [2.75, 3.05) is 0 Å². The Morgan fingerprint density at radius 2 is 1.79 bits per heavy atom. The molecule has 1 atom stereocenters. The van der Waals surface area contributed by atoms with Crippen molar-refractivity contribution >= 4 is 11.3 Å². The number of rotatable bonds is 8. The van der Waals surface area contributed by atoms with Crippen molar-refractivity contribution in [3.05, 3.63) is 16.1 Å². The lowest BCUT2D eigenvalue weighted by Crippen LogP contribution is -2.11. The minimum atomic E-state index is -0.376. The molecule has 1 unspecified atom stereocenters. The summed E-state index contributed by atoms with van der Waals surface area (Å²) in [5.74, 6) is 0. The van der Waals surface area contributed by atoms with Gasteiger partial charge in [0.05, 0.1) is 16.8 Å². The minimum Gasteiger partial charge on any atom is -0.387 e. The molecular formula is C16H29NOS. The van der Waals surface area contributed by atoms with Gasteiger partial charge in [-0.1, -0.05) is 66.2 Å². The molecule has 0 fully saturated rings. The summed E-state index contributed by atoms with van der Waals surface area (Å²) in [4.78, 5) is 4.58. The topological polar surface area (TPSA) is 33.1 Å². The van der Waals surface area contributed by atoms with E-state index in [1.807, 2.05) is 5.38 Å². The Morgan fingerprint density at radius 1 is 1.16 bits per heavy atom. The maximum atomic E-state index is 10.1. The lowest BCUT2D eigenvalue weighted by atomic mass is 9.98. The molecule has 0 aliphatic rings. The molecule has 0 radical (unpaired) electrons. The number of unbranched alkanes of at least 4 members (excludes halogenated alkanes) is 5. The number of aromatic nitrogens is 1. The average molecular weight is 283 g/mol. The van der Waals surface area contributed by atoms with E-state index in [0.717, 1.165) is 23.5 Å². The number of aliphatic hydroxyl groups is 1. The zero-order valence-corrected chi connectivity index (χ0v) is 13.7. The minimum absolute atomic E-state index is 0.0861. The second-order valence-electron chi connectivity index (χ2n) is 6.40. The van der Waals surface area contributed by atoms with Crippen molar-refractivity contribution in [3.8, 4) is 0 Å². The highest BCUT2D eigenvalue weighted by atomic mass is 32.1. The van der Waals surface area contributed by atoms with Crippen LogP contribution in [-0.2, 0) is 5.41 Å². The van der Waals surface area contributed by atoms with Crippen molar-refractivity contribution < 1.29 is 5.11 Å². The van der Waals surface area contributed by atoms with E-state index in [0.29, 0.717) is 0 Å². The fourth-order valence-electron chi connectivity index (χ4n) is 2.05. The quantitative estimate of drug-likeness (QED) is 0.663. The van der Waals surface area contributed by atoms with E-state index in [-0.39, 0.29) is 11.5 Å². The van der Waals surface area contributed by atoms with Crippen molar-refractivity contribution in [1.29, 1.82) is 0 Å². The number of hydrogen-bond donors (Lipinski definition) is 1. The third-order valence-corrected chi connectivity index (χ3v) is 4.62. The van der Waals surface area contributed by atoms with Crippen LogP contribution in [0, 0.1) is 0 Å². The molecule has 0 aliphatic heterocycles. The van der Waals surface area contributed by atoms with Crippen LogP contribution in [0.4, 0.5) is 0 Å². The molecule has 0 bridgehead atoms. The molecule has 110 valence electrons. The van der Waals surface area contributed by atoms with E-state index in [1.54, 1.807) is 11.3 Å². The first kappa shape index (κ1) is 16.6. The summed E-state index contributed by atoms with van der Waals surface area (Å²) in [5.41, 5.74) is 0.950. The molecule has 1 N–H and O–H groups in total. The van der Waals surface area contributed by atoms with Gasteiger partial charge in [0.15, 0.2) is 0 Å². The molecule has 2 nitrogen and oxygen atoms in total. The highest BCUT2D eigenvalue weighted by Gasteiger charge is 2.20. The Hall–Kier alpha value is -0.410. The summed E-state index contributed by atoms with van der Waals surface area (Å²) in [6, 6.07) is 0. The first-order valence-corrected chi connectivity index (χ1v) is 8.47. The third kappa shape index (κ3) is 6.05. The van der Waals surface area contributed by atoms with Gasteiger partial charge < -0.3 is 5.11 Å². The maximum absolute atomic E-state index is 10.1. The summed E-state index contributed by atoms with van der Waals surface area (Å²) in [6.45, 7) is 8.72. The van der Waals surface area contributed by atoms with E-state index in [1.165, 1.54) is 32.1 Å². The third-order valence-electron chi connectivity index (χ3n) is 3.34. The predicted molar refractivity (Wildman–Crippen MR) is 83.8 cm³/mol. The summed E-state index contributed by atoms with van der Waals surface area (Å²) < 4.78 is 0. The molecule has 0 saturated heterocycles. The summed E-state index contributed by atoms with van der Waals surface area (Å²) in [5, 5.41) is 13.3. The van der Waals surface area contributed by atoms with E-state index >= 15 is 0 Å². The Labute approximate surface area is 122 Å². The van der Waals surface area contributed by atoms with Gasteiger partial charge in [0, 0.05) is 10.8 Å². The monoisotopic (exact) mass is 283 g/mol. The number of nitrogens with zero attached hydrogens (tertiary/aromatic N) is 1. The van der Waals surface area contributed by atoms with Crippen LogP contribution in [0.25, 0.3) is 0 Å². The molecular weight excluding hydrogens is 254 g/mol. The van der Waals surface area contributed by atoms with Crippen molar-refractivity contribution in [2.24, 2.45) is 0 Å². The Balaban J connectivity index is 2.29. The molecule has 0 saturated carbocycles. The van der Waals surface area contributed by atoms with E-state index < -0.39 is 0 Å². The van der Waals surface area contributed by atoms with Gasteiger partial charge in [0.2, 0.25) is 0 Å². The Kier molecular flexibility index (Phi) is 7.01. The summed E-state index contributed by atoms with van der Waals surface area (Å²) >= 11 is 1.66. The lowest BCUT2D eigenvalue weighted by molar-refractivity contribution is 0.159. The summed E-state index contributed by atoms with van der Waals surface area (Å²) in [7, 11) is 0. The van der Waals surface area contributed by atoms with Crippen LogP contribution < -0.4 is 0 Å². The van der Waals surface area contributed by atoms with Crippen LogP contribution in [0.2, 0.25) is 0 Å². The highest BCUT2D eigenvalue weighted by Crippen LogP contribution is 2.29. The van der Waals surface area contributed by atoms with Crippen LogP contribution in [-0.4, -0.2) is 10.1 Å². The van der Waals surface area contributed by atoms with Gasteiger partial charge in [0.25, 0.3) is 0 Å². The van der Waals surface area contributed by atoms with Gasteiger partial charge in [-0.15, -0.1) is 11.3 Å². The number of aliphatic hydroxyl groups excluding tert-OH is 1. The van der Waals surface area contributed by atoms with E-state index in [9.17, 15) is 5.11 Å². The Morgan fingerprint density at radius 3 is 2.37 bits per heavy atom. The molecule has 1 heterocycles. The standard InChI is InChI=1S/C16H29NOS/c1-5-6-7-8-9-10-11-14(18)13-12-19-15(17-13)16(2,3)4/h12,14,18H,5-11H2,1-4H3. The van der Waals surface area contributed by atoms with Crippen LogP contribution >= 0.6 is 11.3 Å². The number of hydrogen-bond acceptors (Lipinski definition) is 3. The molecule has 1 rings (SSSR count). The van der Waals surface area contributed by atoms with Gasteiger partial charge in [0.1, 0.15) is 0 Å². The van der Waals surface area contributed by atoms with Gasteiger partial charge in [-0.05, 0) is 6.42 Å². The molecule has 1 aromatic rings. The second kappa shape index (κ2) is 8.01. The smallest absolute Gasteiger partial charge is 0.0983 e. The van der Waals surface area contributed by atoms with Crippen LogP contribution in [0.15, 0.2) is 5.38 Å². The fourth-order valence-corrected chi connectivity index (χ4v) is 3.00. The van der Waals surface area contributed by atoms with Crippen molar-refractivity contribution in [1.82, 2.24) is 4.98 Å². The SMILES string of the molecule is CCCCCCCCC(O)c1csc(C(C)(C)C)n1. The molecule has 0 spiro atoms. The molecule has 3 heteroatoms. The van der Waals surface area contributed by atoms with Gasteiger partial charge in [-0.3, -0.25) is 0 Å². The highest BCUT2D eigenvalue weighted by molar-refractivity contribution is 7.09. The zero-order valence-electron chi connectivity index (χ0n) is 12.9. The van der Waals surface area contributed by atoms with Gasteiger partial charge in [-0.25, -0.2) is 4.98 Å². The largest absolute Gasteiger partial charge is 0.387 e. The zero-order chi connectivity index (χ0) is 14.3. The van der Waals surface area contributed by atoms with Crippen LogP contribution in [0.5, 0.6) is 0 Å². The van der Waals surface area contributed by atoms with Gasteiger partial charge in [-0.2, -0.15) is 0 Å². The Bertz CT molecular complexity index is 354. The second-order valence-corrected chi connectivity index (χ2v) is 7.26. The van der Waals surface area contributed by atoms with Crippen molar-refractivity contribution in [3.63, 3.8) is 0 Å². The van der Waals surface area contributed by atoms with E-state index in [4.69, 9.17) is 0 Å². The predicted octanol–water partition coefficient (Wildman–Crippen LogP) is 5.22. The average Bonchev–Trinajstić information content (AvgIpc) is 2.82. The lowest BCUT2D eigenvalue weighted by Gasteiger charge is -2.14. The molecule has 0 amide bonds. The van der Waals surface area contributed by atoms with Crippen LogP contribution in [0.3, 0.4) is 0 Å². The fraction of sp³-hybridized carbons (Fsp3) is 0.812. The number of thiazole rings is 1. The molecule has 0 aliphatic carbocycles. The first-order valence-electron chi connectivity index (χ1n) is 7.59. The maximum Gasteiger partial charge on any atom is 0.0983 e. The van der Waals surface area contributed by atoms with Gasteiger partial charge >= 0.3 is 0 Å². The van der Waals surface area contributed by atoms with E-state index in [2.05, 4.69) is 32.7 Å². The molecule has 0 aromatic carbocycles. The molecule has 1 aromatic heterocycles.